The summed E-state index contributed by atoms with van der Waals surface area (Å²) < 4.78 is 0. The molecule has 1 atom stereocenters. The van der Waals surface area contributed by atoms with Gasteiger partial charge in [-0.15, -0.1) is 0 Å². The van der Waals surface area contributed by atoms with Crippen molar-refractivity contribution in [1.82, 2.24) is 4.90 Å². The van der Waals surface area contributed by atoms with E-state index in [2.05, 4.69) is 11.8 Å². The molecule has 0 aliphatic carbocycles. The minimum Gasteiger partial charge on any atom is -0.378 e. The van der Waals surface area contributed by atoms with E-state index in [0.717, 1.165) is 19.5 Å². The number of rotatable bonds is 8. The van der Waals surface area contributed by atoms with Crippen molar-refractivity contribution in [3.8, 4) is 0 Å². The Hall–Kier alpha value is -0.0800. The molecule has 1 aliphatic heterocycles. The van der Waals surface area contributed by atoms with E-state index < -0.39 is 0 Å². The van der Waals surface area contributed by atoms with Crippen LogP contribution in [0.1, 0.15) is 71.1 Å². The Bertz CT molecular complexity index is 161. The normalized spacial score (nSPS) is 22.5. The first-order chi connectivity index (χ1) is 7.84. The number of likely N-dealkylation sites (tertiary alicyclic amines) is 1. The summed E-state index contributed by atoms with van der Waals surface area (Å²) in [6.45, 7) is 4.48. The molecule has 2 nitrogen and oxygen atoms in total. The quantitative estimate of drug-likeness (QED) is 0.641. The fraction of sp³-hybridized carbons (Fsp3) is 1.00. The molecular formula is C14H29NO. The second-order valence-electron chi connectivity index (χ2n) is 5.13. The highest BCUT2D eigenvalue weighted by molar-refractivity contribution is 4.68. The van der Waals surface area contributed by atoms with E-state index in [-0.39, 0.29) is 6.23 Å². The molecule has 0 aromatic carbocycles. The van der Waals surface area contributed by atoms with Crippen molar-refractivity contribution in [3.05, 3.63) is 0 Å². The molecule has 96 valence electrons. The lowest BCUT2D eigenvalue weighted by atomic mass is 10.1. The van der Waals surface area contributed by atoms with Gasteiger partial charge in [-0.05, 0) is 25.7 Å². The fourth-order valence-electron chi connectivity index (χ4n) is 2.51. The van der Waals surface area contributed by atoms with Crippen molar-refractivity contribution in [2.24, 2.45) is 0 Å². The van der Waals surface area contributed by atoms with E-state index in [9.17, 15) is 5.11 Å². The summed E-state index contributed by atoms with van der Waals surface area (Å²) in [7, 11) is 0. The van der Waals surface area contributed by atoms with Gasteiger partial charge < -0.3 is 5.11 Å². The van der Waals surface area contributed by atoms with Crippen LogP contribution in [0.2, 0.25) is 0 Å². The first-order valence-corrected chi connectivity index (χ1v) is 7.26. The van der Waals surface area contributed by atoms with E-state index >= 15 is 0 Å². The van der Waals surface area contributed by atoms with E-state index in [1.807, 2.05) is 0 Å². The van der Waals surface area contributed by atoms with Gasteiger partial charge in [0.15, 0.2) is 0 Å². The van der Waals surface area contributed by atoms with Crippen LogP contribution in [0.5, 0.6) is 0 Å². The lowest BCUT2D eigenvalue weighted by Gasteiger charge is -2.31. The van der Waals surface area contributed by atoms with Crippen LogP contribution in [0.15, 0.2) is 0 Å². The fourth-order valence-corrected chi connectivity index (χ4v) is 2.51. The SMILES string of the molecule is CCCCCCCCCN1CCCCC1O. The molecule has 1 unspecified atom stereocenters. The van der Waals surface area contributed by atoms with Gasteiger partial charge in [-0.2, -0.15) is 0 Å². The van der Waals surface area contributed by atoms with Gasteiger partial charge in [0.05, 0.1) is 0 Å². The molecule has 0 spiro atoms. The first kappa shape index (κ1) is 14.0. The number of aliphatic hydroxyl groups is 1. The molecular weight excluding hydrogens is 198 g/mol. The van der Waals surface area contributed by atoms with Crippen LogP contribution in [0, 0.1) is 0 Å². The first-order valence-electron chi connectivity index (χ1n) is 7.26. The van der Waals surface area contributed by atoms with Crippen LogP contribution in [0.25, 0.3) is 0 Å². The maximum absolute atomic E-state index is 9.77. The number of unbranched alkanes of at least 4 members (excludes halogenated alkanes) is 6. The zero-order chi connectivity index (χ0) is 11.6. The second kappa shape index (κ2) is 9.00. The predicted octanol–water partition coefficient (Wildman–Crippen LogP) is 3.54. The zero-order valence-corrected chi connectivity index (χ0v) is 11.0. The minimum absolute atomic E-state index is 0.145. The van der Waals surface area contributed by atoms with Crippen LogP contribution < -0.4 is 0 Å². The molecule has 0 saturated carbocycles. The zero-order valence-electron chi connectivity index (χ0n) is 11.0. The van der Waals surface area contributed by atoms with Crippen LogP contribution in [0.4, 0.5) is 0 Å². The van der Waals surface area contributed by atoms with Crippen molar-refractivity contribution < 1.29 is 5.11 Å². The van der Waals surface area contributed by atoms with Gasteiger partial charge in [0.1, 0.15) is 6.23 Å². The topological polar surface area (TPSA) is 23.5 Å². The summed E-state index contributed by atoms with van der Waals surface area (Å²) in [5.74, 6) is 0. The van der Waals surface area contributed by atoms with E-state index in [1.165, 1.54) is 57.8 Å². The highest BCUT2D eigenvalue weighted by Crippen LogP contribution is 2.16. The summed E-state index contributed by atoms with van der Waals surface area (Å²) >= 11 is 0. The Morgan fingerprint density at radius 3 is 2.38 bits per heavy atom. The minimum atomic E-state index is -0.145. The molecule has 1 fully saturated rings. The lowest BCUT2D eigenvalue weighted by molar-refractivity contribution is -0.0243. The van der Waals surface area contributed by atoms with Gasteiger partial charge in [-0.25, -0.2) is 0 Å². The third-order valence-electron chi connectivity index (χ3n) is 3.63. The molecule has 1 aliphatic rings. The van der Waals surface area contributed by atoms with Crippen molar-refractivity contribution in [2.45, 2.75) is 77.4 Å². The second-order valence-corrected chi connectivity index (χ2v) is 5.13. The summed E-state index contributed by atoms with van der Waals surface area (Å²) in [6.07, 6.45) is 12.8. The van der Waals surface area contributed by atoms with Crippen LogP contribution in [-0.2, 0) is 0 Å². The predicted molar refractivity (Wildman–Crippen MR) is 69.4 cm³/mol. The van der Waals surface area contributed by atoms with E-state index in [4.69, 9.17) is 0 Å². The average molecular weight is 227 g/mol. The Labute approximate surface area is 101 Å². The molecule has 0 aromatic heterocycles. The Morgan fingerprint density at radius 1 is 1.00 bits per heavy atom. The number of hydrogen-bond donors (Lipinski definition) is 1. The number of hydrogen-bond acceptors (Lipinski definition) is 2. The van der Waals surface area contributed by atoms with Crippen LogP contribution in [-0.4, -0.2) is 29.3 Å². The van der Waals surface area contributed by atoms with Crippen LogP contribution in [0.3, 0.4) is 0 Å². The standard InChI is InChI=1S/C14H29NO/c1-2-3-4-5-6-7-9-12-15-13-10-8-11-14(15)16/h14,16H,2-13H2,1H3. The number of piperidine rings is 1. The molecule has 16 heavy (non-hydrogen) atoms. The lowest BCUT2D eigenvalue weighted by Crippen LogP contribution is -2.39. The third kappa shape index (κ3) is 5.86. The van der Waals surface area contributed by atoms with Crippen molar-refractivity contribution in [2.75, 3.05) is 13.1 Å². The van der Waals surface area contributed by atoms with Gasteiger partial charge in [0.2, 0.25) is 0 Å². The Morgan fingerprint density at radius 2 is 1.69 bits per heavy atom. The van der Waals surface area contributed by atoms with Gasteiger partial charge in [-0.3, -0.25) is 4.90 Å². The monoisotopic (exact) mass is 227 g/mol. The Kier molecular flexibility index (Phi) is 7.87. The smallest absolute Gasteiger partial charge is 0.107 e. The molecule has 0 amide bonds. The summed E-state index contributed by atoms with van der Waals surface area (Å²) in [5, 5.41) is 9.77. The third-order valence-corrected chi connectivity index (χ3v) is 3.63. The number of nitrogens with zero attached hydrogens (tertiary/aromatic N) is 1. The highest BCUT2D eigenvalue weighted by atomic mass is 16.3. The van der Waals surface area contributed by atoms with Crippen molar-refractivity contribution in [1.29, 1.82) is 0 Å². The molecule has 1 rings (SSSR count). The number of aliphatic hydroxyl groups excluding tert-OH is 1. The molecule has 0 aromatic rings. The average Bonchev–Trinajstić information content (AvgIpc) is 2.30. The van der Waals surface area contributed by atoms with Gasteiger partial charge >= 0.3 is 0 Å². The van der Waals surface area contributed by atoms with Gasteiger partial charge in [0, 0.05) is 13.1 Å². The highest BCUT2D eigenvalue weighted by Gasteiger charge is 2.18. The van der Waals surface area contributed by atoms with Crippen molar-refractivity contribution in [3.63, 3.8) is 0 Å². The van der Waals surface area contributed by atoms with E-state index in [0.29, 0.717) is 0 Å². The summed E-state index contributed by atoms with van der Waals surface area (Å²) in [5.41, 5.74) is 0. The molecule has 2 heteroatoms. The molecule has 1 heterocycles. The molecule has 1 saturated heterocycles. The largest absolute Gasteiger partial charge is 0.378 e. The maximum Gasteiger partial charge on any atom is 0.107 e. The van der Waals surface area contributed by atoms with E-state index in [1.54, 1.807) is 0 Å². The maximum atomic E-state index is 9.77. The van der Waals surface area contributed by atoms with Gasteiger partial charge in [0.25, 0.3) is 0 Å². The Balaban J connectivity index is 1.90. The van der Waals surface area contributed by atoms with Crippen molar-refractivity contribution >= 4 is 0 Å². The molecule has 0 radical (unpaired) electrons. The van der Waals surface area contributed by atoms with Gasteiger partial charge in [-0.1, -0.05) is 45.4 Å². The summed E-state index contributed by atoms with van der Waals surface area (Å²) in [6, 6.07) is 0. The van der Waals surface area contributed by atoms with Crippen LogP contribution >= 0.6 is 0 Å². The molecule has 0 bridgehead atoms. The summed E-state index contributed by atoms with van der Waals surface area (Å²) in [4.78, 5) is 2.26. The molecule has 1 N–H and O–H groups in total.